The van der Waals surface area contributed by atoms with Crippen LogP contribution in [-0.4, -0.2) is 34.5 Å². The Hall–Kier alpha value is -1.43. The zero-order chi connectivity index (χ0) is 11.8. The predicted molar refractivity (Wildman–Crippen MR) is 53.1 cm³/mol. The predicted octanol–water partition coefficient (Wildman–Crippen LogP) is -1.18. The van der Waals surface area contributed by atoms with Gasteiger partial charge in [0, 0.05) is 6.42 Å². The first-order chi connectivity index (χ1) is 7.51. The summed E-state index contributed by atoms with van der Waals surface area (Å²) in [5, 5.41) is 14.4. The molecule has 2 aliphatic rings. The molecule has 1 aliphatic heterocycles. The molecule has 2 fully saturated rings. The Morgan fingerprint density at radius 2 is 2.12 bits per heavy atom. The Bertz CT molecular complexity index is 349. The van der Waals surface area contributed by atoms with Crippen LogP contribution in [0.25, 0.3) is 0 Å². The minimum atomic E-state index is -1.30. The summed E-state index contributed by atoms with van der Waals surface area (Å²) in [6.07, 6.45) is 2.21. The number of amides is 3. The van der Waals surface area contributed by atoms with Crippen molar-refractivity contribution in [1.82, 2.24) is 10.6 Å². The van der Waals surface area contributed by atoms with Gasteiger partial charge in [0.25, 0.3) is 5.91 Å². The molecule has 0 bridgehead atoms. The van der Waals surface area contributed by atoms with Crippen LogP contribution in [0.4, 0.5) is 0 Å². The first-order valence-corrected chi connectivity index (χ1v) is 5.38. The highest BCUT2D eigenvalue weighted by molar-refractivity contribution is 6.02. The van der Waals surface area contributed by atoms with Gasteiger partial charge in [0.1, 0.15) is 11.6 Å². The summed E-state index contributed by atoms with van der Waals surface area (Å²) in [6, 6.07) is -0.699. The SMILES string of the molecule is O=C1CCC(NC(=O)C2(O)CCC2)C(=O)N1. The molecule has 3 amide bonds. The second-order valence-electron chi connectivity index (χ2n) is 4.36. The van der Waals surface area contributed by atoms with Crippen molar-refractivity contribution in [3.05, 3.63) is 0 Å². The van der Waals surface area contributed by atoms with Crippen LogP contribution in [0.15, 0.2) is 0 Å². The molecule has 1 atom stereocenters. The van der Waals surface area contributed by atoms with Crippen molar-refractivity contribution in [2.45, 2.75) is 43.7 Å². The lowest BCUT2D eigenvalue weighted by Gasteiger charge is -2.36. The van der Waals surface area contributed by atoms with Gasteiger partial charge in [-0.25, -0.2) is 0 Å². The number of nitrogens with one attached hydrogen (secondary N) is 2. The summed E-state index contributed by atoms with van der Waals surface area (Å²) in [4.78, 5) is 33.8. The van der Waals surface area contributed by atoms with E-state index in [9.17, 15) is 19.5 Å². The Morgan fingerprint density at radius 3 is 2.62 bits per heavy atom. The molecule has 88 valence electrons. The molecule has 0 aromatic heterocycles. The number of hydrogen-bond acceptors (Lipinski definition) is 4. The van der Waals surface area contributed by atoms with Crippen LogP contribution in [-0.2, 0) is 14.4 Å². The second kappa shape index (κ2) is 3.86. The molecule has 1 saturated carbocycles. The quantitative estimate of drug-likeness (QED) is 0.517. The fourth-order valence-electron chi connectivity index (χ4n) is 1.86. The fraction of sp³-hybridized carbons (Fsp3) is 0.700. The van der Waals surface area contributed by atoms with Crippen molar-refractivity contribution < 1.29 is 19.5 Å². The average molecular weight is 226 g/mol. The first kappa shape index (κ1) is 11.1. The molecule has 16 heavy (non-hydrogen) atoms. The van der Waals surface area contributed by atoms with Gasteiger partial charge in [-0.05, 0) is 25.7 Å². The van der Waals surface area contributed by atoms with E-state index in [1.807, 2.05) is 0 Å². The van der Waals surface area contributed by atoms with Gasteiger partial charge in [-0.1, -0.05) is 0 Å². The van der Waals surface area contributed by atoms with Gasteiger partial charge in [0.15, 0.2) is 0 Å². The highest BCUT2D eigenvalue weighted by atomic mass is 16.3. The summed E-state index contributed by atoms with van der Waals surface area (Å²) in [6.45, 7) is 0. The van der Waals surface area contributed by atoms with Crippen LogP contribution < -0.4 is 10.6 Å². The normalized spacial score (nSPS) is 27.9. The lowest BCUT2D eigenvalue weighted by molar-refractivity contribution is -0.151. The van der Waals surface area contributed by atoms with Crippen LogP contribution in [0.5, 0.6) is 0 Å². The van der Waals surface area contributed by atoms with Crippen LogP contribution in [0, 0.1) is 0 Å². The lowest BCUT2D eigenvalue weighted by Crippen LogP contribution is -2.59. The molecule has 2 rings (SSSR count). The number of aliphatic hydroxyl groups is 1. The largest absolute Gasteiger partial charge is 0.380 e. The minimum Gasteiger partial charge on any atom is -0.380 e. The van der Waals surface area contributed by atoms with Gasteiger partial charge in [-0.2, -0.15) is 0 Å². The summed E-state index contributed by atoms with van der Waals surface area (Å²) in [5.41, 5.74) is -1.30. The van der Waals surface area contributed by atoms with Gasteiger partial charge >= 0.3 is 0 Å². The van der Waals surface area contributed by atoms with E-state index in [0.29, 0.717) is 19.3 Å². The third-order valence-electron chi connectivity index (χ3n) is 3.15. The maximum absolute atomic E-state index is 11.6. The van der Waals surface area contributed by atoms with E-state index in [1.165, 1.54) is 0 Å². The fourth-order valence-corrected chi connectivity index (χ4v) is 1.86. The number of carbonyl (C=O) groups excluding carboxylic acids is 3. The molecule has 1 aliphatic carbocycles. The summed E-state index contributed by atoms with van der Waals surface area (Å²) < 4.78 is 0. The van der Waals surface area contributed by atoms with E-state index in [1.54, 1.807) is 0 Å². The van der Waals surface area contributed by atoms with Crippen molar-refractivity contribution in [1.29, 1.82) is 0 Å². The Kier molecular flexibility index (Phi) is 2.67. The third kappa shape index (κ3) is 1.92. The zero-order valence-corrected chi connectivity index (χ0v) is 8.78. The van der Waals surface area contributed by atoms with Gasteiger partial charge in [-0.3, -0.25) is 19.7 Å². The molecule has 1 unspecified atom stereocenters. The summed E-state index contributed by atoms with van der Waals surface area (Å²) in [7, 11) is 0. The Balaban J connectivity index is 1.92. The molecular formula is C10H14N2O4. The Morgan fingerprint density at radius 1 is 1.44 bits per heavy atom. The summed E-state index contributed by atoms with van der Waals surface area (Å²) in [5.74, 6) is -1.32. The molecule has 3 N–H and O–H groups in total. The van der Waals surface area contributed by atoms with Crippen LogP contribution >= 0.6 is 0 Å². The van der Waals surface area contributed by atoms with Crippen LogP contribution in [0.3, 0.4) is 0 Å². The van der Waals surface area contributed by atoms with Crippen molar-refractivity contribution in [3.63, 3.8) is 0 Å². The van der Waals surface area contributed by atoms with Gasteiger partial charge in [0.2, 0.25) is 11.8 Å². The molecule has 1 heterocycles. The van der Waals surface area contributed by atoms with Crippen molar-refractivity contribution >= 4 is 17.7 Å². The lowest BCUT2D eigenvalue weighted by atomic mass is 9.79. The van der Waals surface area contributed by atoms with E-state index >= 15 is 0 Å². The Labute approximate surface area is 92.4 Å². The zero-order valence-electron chi connectivity index (χ0n) is 8.78. The number of rotatable bonds is 2. The number of hydrogen-bond donors (Lipinski definition) is 3. The molecular weight excluding hydrogens is 212 g/mol. The van der Waals surface area contributed by atoms with Crippen molar-refractivity contribution in [2.24, 2.45) is 0 Å². The third-order valence-corrected chi connectivity index (χ3v) is 3.15. The minimum absolute atomic E-state index is 0.217. The van der Waals surface area contributed by atoms with E-state index in [0.717, 1.165) is 6.42 Å². The molecule has 0 radical (unpaired) electrons. The van der Waals surface area contributed by atoms with Crippen LogP contribution in [0.1, 0.15) is 32.1 Å². The van der Waals surface area contributed by atoms with E-state index in [4.69, 9.17) is 0 Å². The van der Waals surface area contributed by atoms with Crippen LogP contribution in [0.2, 0.25) is 0 Å². The van der Waals surface area contributed by atoms with Gasteiger partial charge < -0.3 is 10.4 Å². The smallest absolute Gasteiger partial charge is 0.252 e. The standard InChI is InChI=1S/C10H14N2O4/c13-7-3-2-6(8(14)12-7)11-9(15)10(16)4-1-5-10/h6,16H,1-5H2,(H,11,15)(H,12,13,14). The molecule has 0 aromatic rings. The molecule has 1 saturated heterocycles. The molecule has 6 nitrogen and oxygen atoms in total. The topological polar surface area (TPSA) is 95.5 Å². The monoisotopic (exact) mass is 226 g/mol. The first-order valence-electron chi connectivity index (χ1n) is 5.38. The highest BCUT2D eigenvalue weighted by Crippen LogP contribution is 2.31. The maximum Gasteiger partial charge on any atom is 0.252 e. The number of imide groups is 1. The van der Waals surface area contributed by atoms with E-state index < -0.39 is 23.5 Å². The molecule has 0 aromatic carbocycles. The average Bonchev–Trinajstić information content (AvgIpc) is 2.18. The molecule has 6 heteroatoms. The maximum atomic E-state index is 11.6. The van der Waals surface area contributed by atoms with Crippen molar-refractivity contribution in [2.75, 3.05) is 0 Å². The van der Waals surface area contributed by atoms with Gasteiger partial charge in [0.05, 0.1) is 0 Å². The number of piperidine rings is 1. The second-order valence-corrected chi connectivity index (χ2v) is 4.36. The number of carbonyl (C=O) groups is 3. The van der Waals surface area contributed by atoms with Crippen molar-refractivity contribution in [3.8, 4) is 0 Å². The highest BCUT2D eigenvalue weighted by Gasteiger charge is 2.43. The van der Waals surface area contributed by atoms with E-state index in [2.05, 4.69) is 10.6 Å². The summed E-state index contributed by atoms with van der Waals surface area (Å²) >= 11 is 0. The molecule has 0 spiro atoms. The van der Waals surface area contributed by atoms with E-state index in [-0.39, 0.29) is 12.3 Å². The van der Waals surface area contributed by atoms with Gasteiger partial charge in [-0.15, -0.1) is 0 Å².